The van der Waals surface area contributed by atoms with Crippen LogP contribution in [0.15, 0.2) is 11.6 Å². The molecule has 0 bridgehead atoms. The standard InChI is InChI=1S/C16H27NO3S/c1-15(2,3)12-6-8-17(9-7-12)14(18)21(19,20)13-10-16(4,5)11-13/h6,13H,7-11H2,1-5H3. The number of carbonyl (C=O) groups is 1. The van der Waals surface area contributed by atoms with Gasteiger partial charge in [-0.3, -0.25) is 4.79 Å². The molecule has 1 aliphatic heterocycles. The molecule has 2 rings (SSSR count). The fourth-order valence-electron chi connectivity index (χ4n) is 3.23. The maximum Gasteiger partial charge on any atom is 0.339 e. The molecule has 0 aromatic heterocycles. The molecule has 1 heterocycles. The van der Waals surface area contributed by atoms with Crippen molar-refractivity contribution in [3.8, 4) is 0 Å². The molecule has 0 saturated heterocycles. The summed E-state index contributed by atoms with van der Waals surface area (Å²) in [7, 11) is -3.67. The first-order chi connectivity index (χ1) is 9.43. The van der Waals surface area contributed by atoms with E-state index in [1.54, 1.807) is 0 Å². The van der Waals surface area contributed by atoms with Crippen LogP contribution in [0.5, 0.6) is 0 Å². The number of carbonyl (C=O) groups excluding carboxylic acids is 1. The molecule has 1 saturated carbocycles. The molecule has 0 aromatic rings. The molecule has 0 spiro atoms. The molecule has 0 unspecified atom stereocenters. The average Bonchev–Trinajstić information content (AvgIpc) is 2.34. The van der Waals surface area contributed by atoms with E-state index in [-0.39, 0.29) is 10.8 Å². The lowest BCUT2D eigenvalue weighted by atomic mass is 9.72. The van der Waals surface area contributed by atoms with Crippen LogP contribution in [0.2, 0.25) is 0 Å². The fourth-order valence-corrected chi connectivity index (χ4v) is 5.38. The first kappa shape index (κ1) is 16.5. The summed E-state index contributed by atoms with van der Waals surface area (Å²) in [6.07, 6.45) is 3.97. The Morgan fingerprint density at radius 1 is 1.29 bits per heavy atom. The summed E-state index contributed by atoms with van der Waals surface area (Å²) in [6, 6.07) is 0. The quantitative estimate of drug-likeness (QED) is 0.697. The Bertz CT molecular complexity index is 559. The van der Waals surface area contributed by atoms with E-state index in [9.17, 15) is 13.2 Å². The summed E-state index contributed by atoms with van der Waals surface area (Å²) in [5, 5.41) is -1.15. The zero-order valence-electron chi connectivity index (χ0n) is 13.8. The minimum Gasteiger partial charge on any atom is -0.325 e. The lowest BCUT2D eigenvalue weighted by Gasteiger charge is -2.42. The maximum absolute atomic E-state index is 12.4. The molecule has 120 valence electrons. The molecule has 0 N–H and O–H groups in total. The van der Waals surface area contributed by atoms with Gasteiger partial charge in [0.15, 0.2) is 0 Å². The highest BCUT2D eigenvalue weighted by atomic mass is 32.2. The molecule has 2 aliphatic rings. The molecule has 5 heteroatoms. The van der Waals surface area contributed by atoms with Crippen LogP contribution in [0, 0.1) is 10.8 Å². The topological polar surface area (TPSA) is 54.5 Å². The van der Waals surface area contributed by atoms with Gasteiger partial charge in [0.2, 0.25) is 9.84 Å². The van der Waals surface area contributed by atoms with Crippen LogP contribution < -0.4 is 0 Å². The molecular formula is C16H27NO3S. The van der Waals surface area contributed by atoms with E-state index in [4.69, 9.17) is 0 Å². The first-order valence-corrected chi connectivity index (χ1v) is 9.20. The van der Waals surface area contributed by atoms with Crippen molar-refractivity contribution < 1.29 is 13.2 Å². The summed E-state index contributed by atoms with van der Waals surface area (Å²) in [6.45, 7) is 11.4. The Balaban J connectivity index is 2.04. The fraction of sp³-hybridized carbons (Fsp3) is 0.812. The Kier molecular flexibility index (Phi) is 4.02. The number of nitrogens with zero attached hydrogens (tertiary/aromatic N) is 1. The van der Waals surface area contributed by atoms with Crippen LogP contribution in [-0.4, -0.2) is 36.9 Å². The Labute approximate surface area is 128 Å². The Hall–Kier alpha value is -0.840. The summed E-state index contributed by atoms with van der Waals surface area (Å²) in [5.74, 6) is 0. The monoisotopic (exact) mass is 313 g/mol. The van der Waals surface area contributed by atoms with Crippen molar-refractivity contribution in [1.29, 1.82) is 0 Å². The number of rotatable bonds is 1. The zero-order chi connectivity index (χ0) is 16.1. The summed E-state index contributed by atoms with van der Waals surface area (Å²) in [5.41, 5.74) is 1.44. The van der Waals surface area contributed by atoms with E-state index >= 15 is 0 Å². The van der Waals surface area contributed by atoms with E-state index in [0.717, 1.165) is 6.42 Å². The van der Waals surface area contributed by atoms with Crippen molar-refractivity contribution in [2.24, 2.45) is 10.8 Å². The highest BCUT2D eigenvalue weighted by Crippen LogP contribution is 2.44. The Morgan fingerprint density at radius 2 is 1.86 bits per heavy atom. The van der Waals surface area contributed by atoms with Gasteiger partial charge in [-0.05, 0) is 30.1 Å². The molecule has 1 fully saturated rings. The number of sulfone groups is 1. The van der Waals surface area contributed by atoms with Crippen molar-refractivity contribution in [2.45, 2.75) is 59.1 Å². The average molecular weight is 313 g/mol. The largest absolute Gasteiger partial charge is 0.339 e. The van der Waals surface area contributed by atoms with Gasteiger partial charge < -0.3 is 4.90 Å². The molecule has 0 aromatic carbocycles. The van der Waals surface area contributed by atoms with Gasteiger partial charge in [0.1, 0.15) is 0 Å². The second kappa shape index (κ2) is 5.11. The first-order valence-electron chi connectivity index (χ1n) is 7.66. The van der Waals surface area contributed by atoms with E-state index in [0.29, 0.717) is 25.9 Å². The summed E-state index contributed by atoms with van der Waals surface area (Å²) < 4.78 is 24.7. The number of amides is 1. The smallest absolute Gasteiger partial charge is 0.325 e. The van der Waals surface area contributed by atoms with E-state index in [2.05, 4.69) is 20.8 Å². The molecule has 1 aliphatic carbocycles. The van der Waals surface area contributed by atoms with Gasteiger partial charge >= 0.3 is 5.24 Å². The summed E-state index contributed by atoms with van der Waals surface area (Å²) >= 11 is 0. The minimum absolute atomic E-state index is 0.0548. The Morgan fingerprint density at radius 3 is 2.24 bits per heavy atom. The van der Waals surface area contributed by atoms with E-state index < -0.39 is 20.3 Å². The molecule has 21 heavy (non-hydrogen) atoms. The molecule has 0 atom stereocenters. The minimum atomic E-state index is -3.67. The summed E-state index contributed by atoms with van der Waals surface area (Å²) in [4.78, 5) is 13.8. The van der Waals surface area contributed by atoms with Crippen molar-refractivity contribution in [3.05, 3.63) is 11.6 Å². The van der Waals surface area contributed by atoms with Crippen molar-refractivity contribution in [3.63, 3.8) is 0 Å². The van der Waals surface area contributed by atoms with E-state index in [1.807, 2.05) is 19.9 Å². The van der Waals surface area contributed by atoms with Gasteiger partial charge in [-0.25, -0.2) is 8.42 Å². The van der Waals surface area contributed by atoms with Crippen LogP contribution in [0.4, 0.5) is 4.79 Å². The highest BCUT2D eigenvalue weighted by Gasteiger charge is 2.48. The third-order valence-electron chi connectivity index (χ3n) is 4.67. The second-order valence-corrected chi connectivity index (χ2v) is 10.3. The predicted octanol–water partition coefficient (Wildman–Crippen LogP) is 3.39. The van der Waals surface area contributed by atoms with Crippen molar-refractivity contribution in [2.75, 3.05) is 13.1 Å². The van der Waals surface area contributed by atoms with Gasteiger partial charge in [0.05, 0.1) is 5.25 Å². The highest BCUT2D eigenvalue weighted by molar-refractivity contribution is 8.06. The lowest BCUT2D eigenvalue weighted by molar-refractivity contribution is 0.190. The van der Waals surface area contributed by atoms with Crippen LogP contribution in [-0.2, 0) is 9.84 Å². The van der Waals surface area contributed by atoms with Crippen LogP contribution in [0.25, 0.3) is 0 Å². The number of hydrogen-bond donors (Lipinski definition) is 0. The molecule has 1 amide bonds. The van der Waals surface area contributed by atoms with Crippen molar-refractivity contribution in [1.82, 2.24) is 4.90 Å². The lowest BCUT2D eigenvalue weighted by Crippen LogP contribution is -2.49. The zero-order valence-corrected chi connectivity index (χ0v) is 14.6. The third-order valence-corrected chi connectivity index (χ3v) is 6.63. The number of hydrogen-bond acceptors (Lipinski definition) is 3. The normalized spacial score (nSPS) is 23.5. The maximum atomic E-state index is 12.4. The van der Waals surface area contributed by atoms with Gasteiger partial charge in [0.25, 0.3) is 0 Å². The van der Waals surface area contributed by atoms with Gasteiger partial charge in [-0.15, -0.1) is 0 Å². The molecular weight excluding hydrogens is 286 g/mol. The predicted molar refractivity (Wildman–Crippen MR) is 84.8 cm³/mol. The van der Waals surface area contributed by atoms with Gasteiger partial charge in [0, 0.05) is 13.1 Å². The SMILES string of the molecule is CC1(C)CC(S(=O)(=O)C(=O)N2CC=C(C(C)(C)C)CC2)C1. The van der Waals surface area contributed by atoms with E-state index in [1.165, 1.54) is 10.5 Å². The van der Waals surface area contributed by atoms with Crippen LogP contribution in [0.1, 0.15) is 53.9 Å². The van der Waals surface area contributed by atoms with Crippen LogP contribution >= 0.6 is 0 Å². The van der Waals surface area contributed by atoms with Crippen LogP contribution in [0.3, 0.4) is 0 Å². The van der Waals surface area contributed by atoms with Crippen molar-refractivity contribution >= 4 is 15.1 Å². The third kappa shape index (κ3) is 3.33. The molecule has 0 radical (unpaired) electrons. The van der Waals surface area contributed by atoms with Gasteiger partial charge in [-0.2, -0.15) is 0 Å². The second-order valence-electron chi connectivity index (χ2n) is 8.18. The molecule has 4 nitrogen and oxygen atoms in total. The van der Waals surface area contributed by atoms with Gasteiger partial charge in [-0.1, -0.05) is 46.3 Å².